The fourth-order valence-electron chi connectivity index (χ4n) is 4.75. The van der Waals surface area contributed by atoms with E-state index in [1.165, 1.54) is 0 Å². The average Bonchev–Trinajstić information content (AvgIpc) is 2.73. The summed E-state index contributed by atoms with van der Waals surface area (Å²) in [5, 5.41) is 32.2. The van der Waals surface area contributed by atoms with Gasteiger partial charge in [-0.25, -0.2) is 0 Å². The summed E-state index contributed by atoms with van der Waals surface area (Å²) in [6.07, 6.45) is 3.37. The molecule has 2 fully saturated rings. The zero-order valence-electron chi connectivity index (χ0n) is 9.82. The first-order chi connectivity index (χ1) is 8.12. The molecule has 0 N–H and O–H groups in total. The molecule has 2 saturated carbocycles. The van der Waals surface area contributed by atoms with Gasteiger partial charge in [0.25, 0.3) is 0 Å². The highest BCUT2D eigenvalue weighted by Gasteiger charge is 2.70. The van der Waals surface area contributed by atoms with E-state index in [-0.39, 0.29) is 35.5 Å². The van der Waals surface area contributed by atoms with Crippen LogP contribution in [0.2, 0.25) is 0 Å². The lowest BCUT2D eigenvalue weighted by molar-refractivity contribution is -0.591. The lowest BCUT2D eigenvalue weighted by atomic mass is 9.54. The molecule has 0 bridgehead atoms. The van der Waals surface area contributed by atoms with Crippen LogP contribution in [-0.2, 0) is 0 Å². The van der Waals surface area contributed by atoms with Crippen molar-refractivity contribution < 1.29 is 9.72 Å². The van der Waals surface area contributed by atoms with Crippen LogP contribution in [0.25, 0.3) is 0 Å². The standard InChI is InChI=1S/C11H16N4O2/c1-11-8-4-2-6-10(11)7(14(16)12-6)3-5-9(11)15(17)13-8/h6-10H,2-5H2,1H3/t6-,7+,8?,9?,10?,11-/m0/s1. The Kier molecular flexibility index (Phi) is 1.61. The number of hydrogen-bond acceptors (Lipinski definition) is 4. The van der Waals surface area contributed by atoms with Crippen LogP contribution in [0.15, 0.2) is 10.2 Å². The van der Waals surface area contributed by atoms with Gasteiger partial charge in [0.15, 0.2) is 12.1 Å². The number of nitrogens with zero attached hydrogens (tertiary/aromatic N) is 4. The van der Waals surface area contributed by atoms with Gasteiger partial charge in [0.2, 0.25) is 0 Å². The smallest absolute Gasteiger partial charge is 0.198 e. The molecular formula is C11H16N4O2. The van der Waals surface area contributed by atoms with Gasteiger partial charge in [-0.3, -0.25) is 0 Å². The minimum absolute atomic E-state index is 0.00856. The van der Waals surface area contributed by atoms with Gasteiger partial charge in [0.1, 0.15) is 12.1 Å². The van der Waals surface area contributed by atoms with Crippen molar-refractivity contribution in [3.8, 4) is 0 Å². The highest BCUT2D eigenvalue weighted by atomic mass is 16.5. The molecule has 0 saturated heterocycles. The minimum atomic E-state index is -0.129. The number of rotatable bonds is 0. The molecule has 2 heterocycles. The molecular weight excluding hydrogens is 220 g/mol. The first-order valence-corrected chi connectivity index (χ1v) is 6.46. The van der Waals surface area contributed by atoms with Crippen molar-refractivity contribution in [1.29, 1.82) is 0 Å². The van der Waals surface area contributed by atoms with Gasteiger partial charge in [0, 0.05) is 12.8 Å². The summed E-state index contributed by atoms with van der Waals surface area (Å²) in [7, 11) is 0. The van der Waals surface area contributed by atoms with Gasteiger partial charge in [-0.2, -0.15) is 0 Å². The van der Waals surface area contributed by atoms with Crippen LogP contribution >= 0.6 is 0 Å². The Morgan fingerprint density at radius 1 is 1.06 bits per heavy atom. The molecule has 4 aliphatic rings. The van der Waals surface area contributed by atoms with E-state index in [0.29, 0.717) is 0 Å². The third kappa shape index (κ3) is 0.940. The average molecular weight is 236 g/mol. The third-order valence-corrected chi connectivity index (χ3v) is 5.52. The van der Waals surface area contributed by atoms with Crippen LogP contribution in [0.4, 0.5) is 0 Å². The van der Waals surface area contributed by atoms with Crippen LogP contribution < -0.4 is 0 Å². The molecule has 2 aliphatic carbocycles. The van der Waals surface area contributed by atoms with Crippen molar-refractivity contribution in [3.05, 3.63) is 10.4 Å². The van der Waals surface area contributed by atoms with E-state index in [1.54, 1.807) is 0 Å². The van der Waals surface area contributed by atoms with Crippen molar-refractivity contribution in [3.63, 3.8) is 0 Å². The van der Waals surface area contributed by atoms with E-state index in [1.807, 2.05) is 0 Å². The predicted octanol–water partition coefficient (Wildman–Crippen LogP) is 1.62. The van der Waals surface area contributed by atoms with Gasteiger partial charge in [-0.05, 0) is 23.1 Å². The van der Waals surface area contributed by atoms with Crippen molar-refractivity contribution >= 4 is 0 Å². The molecule has 17 heavy (non-hydrogen) atoms. The fourth-order valence-corrected chi connectivity index (χ4v) is 4.75. The summed E-state index contributed by atoms with van der Waals surface area (Å²) in [6, 6.07) is 0.197. The topological polar surface area (TPSA) is 76.9 Å². The summed E-state index contributed by atoms with van der Waals surface area (Å²) < 4.78 is 0. The molecule has 0 amide bonds. The number of hydrogen-bond donors (Lipinski definition) is 0. The molecule has 0 aromatic heterocycles. The summed E-state index contributed by atoms with van der Waals surface area (Å²) in [4.78, 5) is 1.85. The van der Waals surface area contributed by atoms with E-state index in [9.17, 15) is 10.4 Å². The van der Waals surface area contributed by atoms with Crippen molar-refractivity contribution in [2.45, 2.75) is 56.8 Å². The fraction of sp³-hybridized carbons (Fsp3) is 1.00. The van der Waals surface area contributed by atoms with Crippen LogP contribution in [0, 0.1) is 21.7 Å². The summed E-state index contributed by atoms with van der Waals surface area (Å²) in [5.41, 5.74) is -0.129. The second-order valence-corrected chi connectivity index (χ2v) is 6.05. The first-order valence-electron chi connectivity index (χ1n) is 6.46. The van der Waals surface area contributed by atoms with Gasteiger partial charge in [-0.15, -0.1) is 0 Å². The van der Waals surface area contributed by atoms with Crippen LogP contribution in [0.1, 0.15) is 32.6 Å². The molecule has 6 nitrogen and oxygen atoms in total. The Labute approximate surface area is 99.2 Å². The Balaban J connectivity index is 1.84. The van der Waals surface area contributed by atoms with Gasteiger partial charge in [0.05, 0.1) is 11.3 Å². The SMILES string of the molecule is C[C@]12C3CC[C@@H]4N=[N+]([O-])[C@H](CCC1[N+]([O-])=N3)C42. The molecule has 6 atom stereocenters. The zero-order chi connectivity index (χ0) is 11.8. The molecule has 0 radical (unpaired) electrons. The molecule has 0 aromatic rings. The molecule has 0 spiro atoms. The largest absolute Gasteiger partial charge is 0.600 e. The van der Waals surface area contributed by atoms with E-state index >= 15 is 0 Å². The number of hydroxylamine groups is 2. The van der Waals surface area contributed by atoms with Crippen LogP contribution in [-0.4, -0.2) is 33.9 Å². The summed E-state index contributed by atoms with van der Waals surface area (Å²) >= 11 is 0. The first kappa shape index (κ1) is 9.79. The highest BCUT2D eigenvalue weighted by molar-refractivity contribution is 5.12. The Bertz CT molecular complexity index is 449. The number of azo groups is 2. The molecule has 92 valence electrons. The molecule has 3 unspecified atom stereocenters. The van der Waals surface area contributed by atoms with Crippen molar-refractivity contribution in [1.82, 2.24) is 0 Å². The predicted molar refractivity (Wildman–Crippen MR) is 57.3 cm³/mol. The monoisotopic (exact) mass is 236 g/mol. The van der Waals surface area contributed by atoms with E-state index < -0.39 is 0 Å². The van der Waals surface area contributed by atoms with Crippen molar-refractivity contribution in [2.75, 3.05) is 0 Å². The van der Waals surface area contributed by atoms with Crippen LogP contribution in [0.5, 0.6) is 0 Å². The lowest BCUT2D eigenvalue weighted by Gasteiger charge is -2.44. The Morgan fingerprint density at radius 2 is 1.88 bits per heavy atom. The molecule has 2 aliphatic heterocycles. The van der Waals surface area contributed by atoms with Crippen LogP contribution in [0.3, 0.4) is 0 Å². The maximum atomic E-state index is 11.9. The van der Waals surface area contributed by atoms with Gasteiger partial charge < -0.3 is 10.4 Å². The van der Waals surface area contributed by atoms with E-state index in [4.69, 9.17) is 0 Å². The van der Waals surface area contributed by atoms with E-state index in [2.05, 4.69) is 17.2 Å². The normalized spacial score (nSPS) is 55.2. The van der Waals surface area contributed by atoms with E-state index in [0.717, 1.165) is 35.4 Å². The summed E-state index contributed by atoms with van der Waals surface area (Å²) in [5.74, 6) is 0.236. The third-order valence-electron chi connectivity index (χ3n) is 5.52. The zero-order valence-corrected chi connectivity index (χ0v) is 9.82. The molecule has 0 aromatic carbocycles. The molecule has 4 rings (SSSR count). The lowest BCUT2D eigenvalue weighted by Crippen LogP contribution is -2.58. The quantitative estimate of drug-likeness (QED) is 0.473. The van der Waals surface area contributed by atoms with Crippen molar-refractivity contribution in [2.24, 2.45) is 21.6 Å². The maximum Gasteiger partial charge on any atom is 0.198 e. The molecule has 6 heteroatoms. The summed E-state index contributed by atoms with van der Waals surface area (Å²) in [6.45, 7) is 2.15. The maximum absolute atomic E-state index is 11.9. The Morgan fingerprint density at radius 3 is 2.71 bits per heavy atom. The second kappa shape index (κ2) is 2.79. The Hall–Kier alpha value is -1.20. The second-order valence-electron chi connectivity index (χ2n) is 6.05. The minimum Gasteiger partial charge on any atom is -0.600 e. The van der Waals surface area contributed by atoms with Gasteiger partial charge in [-0.1, -0.05) is 16.6 Å². The van der Waals surface area contributed by atoms with Gasteiger partial charge >= 0.3 is 0 Å². The highest BCUT2D eigenvalue weighted by Crippen LogP contribution is 2.58.